The third kappa shape index (κ3) is 3.12. The van der Waals surface area contributed by atoms with E-state index in [0.717, 1.165) is 53.9 Å². The Bertz CT molecular complexity index is 813. The van der Waals surface area contributed by atoms with E-state index in [4.69, 9.17) is 4.98 Å². The van der Waals surface area contributed by atoms with Gasteiger partial charge in [-0.15, -0.1) is 0 Å². The summed E-state index contributed by atoms with van der Waals surface area (Å²) in [5.41, 5.74) is 2.45. The lowest BCUT2D eigenvalue weighted by Gasteiger charge is -2.36. The minimum atomic E-state index is 0.177. The number of nitrogens with zero attached hydrogens (tertiary/aromatic N) is 4. The van der Waals surface area contributed by atoms with E-state index in [-0.39, 0.29) is 11.9 Å². The maximum Gasteiger partial charge on any atom is 0.256 e. The minimum absolute atomic E-state index is 0.177. The monoisotopic (exact) mass is 354 g/mol. The quantitative estimate of drug-likeness (QED) is 0.812. The standard InChI is InChI=1S/C21H30N4O/c1-13(2)25-20-16(12-22-25)11-19(15(4)23-20)21(26)24(18-9-10-18)17-7-5-14(3)6-8-17/h11-14,17-18H,5-10H2,1-4H3. The first-order valence-corrected chi connectivity index (χ1v) is 10.1. The number of hydrogen-bond donors (Lipinski definition) is 0. The Morgan fingerprint density at radius 3 is 2.35 bits per heavy atom. The molecule has 0 radical (unpaired) electrons. The molecule has 5 nitrogen and oxygen atoms in total. The lowest BCUT2D eigenvalue weighted by molar-refractivity contribution is 0.0592. The van der Waals surface area contributed by atoms with Gasteiger partial charge >= 0.3 is 0 Å². The van der Waals surface area contributed by atoms with Gasteiger partial charge in [-0.05, 0) is 71.3 Å². The molecule has 140 valence electrons. The van der Waals surface area contributed by atoms with Crippen LogP contribution in [-0.2, 0) is 0 Å². The highest BCUT2D eigenvalue weighted by atomic mass is 16.2. The number of pyridine rings is 1. The molecule has 5 heteroatoms. The Hall–Kier alpha value is -1.91. The van der Waals surface area contributed by atoms with Crippen molar-refractivity contribution in [3.8, 4) is 0 Å². The largest absolute Gasteiger partial charge is 0.333 e. The van der Waals surface area contributed by atoms with E-state index >= 15 is 0 Å². The summed E-state index contributed by atoms with van der Waals surface area (Å²) in [4.78, 5) is 20.4. The molecule has 0 aliphatic heterocycles. The van der Waals surface area contributed by atoms with E-state index in [9.17, 15) is 4.79 Å². The zero-order valence-electron chi connectivity index (χ0n) is 16.4. The van der Waals surface area contributed by atoms with Crippen molar-refractivity contribution in [2.24, 2.45) is 5.92 Å². The summed E-state index contributed by atoms with van der Waals surface area (Å²) in [5, 5.41) is 5.42. The molecule has 0 unspecified atom stereocenters. The normalized spacial score (nSPS) is 23.6. The molecule has 2 aromatic rings. The number of amides is 1. The van der Waals surface area contributed by atoms with Crippen LogP contribution in [0.4, 0.5) is 0 Å². The SMILES string of the molecule is Cc1nc2c(cnn2C(C)C)cc1C(=O)N(C1CCC(C)CC1)C1CC1. The molecule has 0 spiro atoms. The smallest absolute Gasteiger partial charge is 0.256 e. The van der Waals surface area contributed by atoms with E-state index in [1.807, 2.05) is 23.9 Å². The Labute approximate surface area is 155 Å². The van der Waals surface area contributed by atoms with Crippen molar-refractivity contribution in [3.05, 3.63) is 23.5 Å². The number of hydrogen-bond acceptors (Lipinski definition) is 3. The van der Waals surface area contributed by atoms with Crippen molar-refractivity contribution in [2.45, 2.75) is 84.3 Å². The average Bonchev–Trinajstić information content (AvgIpc) is 3.34. The Balaban J connectivity index is 1.66. The van der Waals surface area contributed by atoms with Crippen LogP contribution in [0.3, 0.4) is 0 Å². The van der Waals surface area contributed by atoms with Gasteiger partial charge in [0.05, 0.1) is 17.5 Å². The molecule has 2 heterocycles. The molecule has 0 aromatic carbocycles. The zero-order valence-corrected chi connectivity index (χ0v) is 16.4. The lowest BCUT2D eigenvalue weighted by atomic mass is 9.86. The van der Waals surface area contributed by atoms with Gasteiger partial charge in [-0.1, -0.05) is 6.92 Å². The molecule has 0 N–H and O–H groups in total. The van der Waals surface area contributed by atoms with Crippen LogP contribution in [0, 0.1) is 12.8 Å². The van der Waals surface area contributed by atoms with E-state index < -0.39 is 0 Å². The van der Waals surface area contributed by atoms with Crippen LogP contribution in [0.25, 0.3) is 11.0 Å². The predicted molar refractivity (Wildman–Crippen MR) is 103 cm³/mol. The fraction of sp³-hybridized carbons (Fsp3) is 0.667. The van der Waals surface area contributed by atoms with Gasteiger partial charge in [0.25, 0.3) is 5.91 Å². The van der Waals surface area contributed by atoms with E-state index in [1.165, 1.54) is 12.8 Å². The van der Waals surface area contributed by atoms with Crippen LogP contribution < -0.4 is 0 Å². The van der Waals surface area contributed by atoms with Crippen molar-refractivity contribution < 1.29 is 4.79 Å². The molecule has 4 rings (SSSR count). The second kappa shape index (κ2) is 6.67. The average molecular weight is 354 g/mol. The van der Waals surface area contributed by atoms with Crippen LogP contribution >= 0.6 is 0 Å². The van der Waals surface area contributed by atoms with Crippen molar-refractivity contribution >= 4 is 16.9 Å². The van der Waals surface area contributed by atoms with Crippen molar-refractivity contribution in [2.75, 3.05) is 0 Å². The minimum Gasteiger partial charge on any atom is -0.333 e. The van der Waals surface area contributed by atoms with Crippen molar-refractivity contribution in [3.63, 3.8) is 0 Å². The van der Waals surface area contributed by atoms with Gasteiger partial charge in [0.15, 0.2) is 5.65 Å². The number of fused-ring (bicyclic) bond motifs is 1. The fourth-order valence-corrected chi connectivity index (χ4v) is 4.30. The first-order valence-electron chi connectivity index (χ1n) is 10.1. The summed E-state index contributed by atoms with van der Waals surface area (Å²) in [5.74, 6) is 0.972. The first-order chi connectivity index (χ1) is 12.5. The molecule has 2 fully saturated rings. The highest BCUT2D eigenvalue weighted by Crippen LogP contribution is 2.36. The molecule has 2 aliphatic carbocycles. The van der Waals surface area contributed by atoms with Crippen molar-refractivity contribution in [1.82, 2.24) is 19.7 Å². The molecule has 0 atom stereocenters. The number of carbonyl (C=O) groups is 1. The van der Waals surface area contributed by atoms with Crippen LogP contribution in [0.15, 0.2) is 12.3 Å². The van der Waals surface area contributed by atoms with Crippen LogP contribution in [0.5, 0.6) is 0 Å². The number of carbonyl (C=O) groups excluding carboxylic acids is 1. The molecule has 2 saturated carbocycles. The fourth-order valence-electron chi connectivity index (χ4n) is 4.30. The Morgan fingerprint density at radius 1 is 1.15 bits per heavy atom. The molecular weight excluding hydrogens is 324 g/mol. The van der Waals surface area contributed by atoms with Crippen LogP contribution in [0.2, 0.25) is 0 Å². The Kier molecular flexibility index (Phi) is 4.49. The number of aromatic nitrogens is 3. The predicted octanol–water partition coefficient (Wildman–Crippen LogP) is 4.50. The van der Waals surface area contributed by atoms with Gasteiger partial charge in [0, 0.05) is 23.5 Å². The topological polar surface area (TPSA) is 51.0 Å². The molecule has 0 bridgehead atoms. The van der Waals surface area contributed by atoms with Gasteiger partial charge in [0.1, 0.15) is 0 Å². The molecule has 2 aromatic heterocycles. The summed E-state index contributed by atoms with van der Waals surface area (Å²) in [6.07, 6.45) is 8.89. The number of rotatable bonds is 4. The van der Waals surface area contributed by atoms with E-state index in [0.29, 0.717) is 12.1 Å². The van der Waals surface area contributed by atoms with Gasteiger partial charge in [-0.3, -0.25) is 4.79 Å². The van der Waals surface area contributed by atoms with Gasteiger partial charge in [-0.2, -0.15) is 5.10 Å². The summed E-state index contributed by atoms with van der Waals surface area (Å²) in [6.45, 7) is 8.48. The lowest BCUT2D eigenvalue weighted by Crippen LogP contribution is -2.44. The number of aryl methyl sites for hydroxylation is 1. The maximum atomic E-state index is 13.5. The summed E-state index contributed by atoms with van der Waals surface area (Å²) < 4.78 is 1.93. The highest BCUT2D eigenvalue weighted by molar-refractivity contribution is 5.98. The van der Waals surface area contributed by atoms with Crippen molar-refractivity contribution in [1.29, 1.82) is 0 Å². The molecule has 2 aliphatic rings. The van der Waals surface area contributed by atoms with Gasteiger partial charge in [0.2, 0.25) is 0 Å². The first kappa shape index (κ1) is 17.5. The summed E-state index contributed by atoms with van der Waals surface area (Å²) >= 11 is 0. The Morgan fingerprint density at radius 2 is 1.77 bits per heavy atom. The maximum absolute atomic E-state index is 13.5. The van der Waals surface area contributed by atoms with Gasteiger partial charge < -0.3 is 4.90 Å². The second-order valence-electron chi connectivity index (χ2n) is 8.57. The molecule has 0 saturated heterocycles. The van der Waals surface area contributed by atoms with Crippen LogP contribution in [-0.4, -0.2) is 37.7 Å². The second-order valence-corrected chi connectivity index (χ2v) is 8.57. The van der Waals surface area contributed by atoms with Gasteiger partial charge in [-0.25, -0.2) is 9.67 Å². The van der Waals surface area contributed by atoms with Crippen LogP contribution in [0.1, 0.15) is 81.4 Å². The zero-order chi connectivity index (χ0) is 18.4. The molecular formula is C21H30N4O. The van der Waals surface area contributed by atoms with E-state index in [2.05, 4.69) is 30.8 Å². The van der Waals surface area contributed by atoms with E-state index in [1.54, 1.807) is 0 Å². The third-order valence-electron chi connectivity index (χ3n) is 6.03. The summed E-state index contributed by atoms with van der Waals surface area (Å²) in [7, 11) is 0. The highest BCUT2D eigenvalue weighted by Gasteiger charge is 2.39. The summed E-state index contributed by atoms with van der Waals surface area (Å²) in [6, 6.07) is 3.11. The molecule has 1 amide bonds. The molecule has 26 heavy (non-hydrogen) atoms. The third-order valence-corrected chi connectivity index (χ3v) is 6.03.